The Morgan fingerprint density at radius 2 is 1.65 bits per heavy atom. The largest absolute Gasteiger partial charge is 0.618 e. The zero-order chi connectivity index (χ0) is 28.3. The molecule has 1 fully saturated rings. The fraction of sp³-hybridized carbons (Fsp3) is 0.345. The van der Waals surface area contributed by atoms with Crippen molar-refractivity contribution in [3.63, 3.8) is 0 Å². The third-order valence-corrected chi connectivity index (χ3v) is 7.62. The molecule has 2 amide bonds. The average molecular weight is 568 g/mol. The Kier molecular flexibility index (Phi) is 10.9. The van der Waals surface area contributed by atoms with Crippen LogP contribution in [0.3, 0.4) is 0 Å². The number of pyridine rings is 1. The zero-order valence-electron chi connectivity index (χ0n) is 21.9. The second-order valence-corrected chi connectivity index (χ2v) is 10.5. The summed E-state index contributed by atoms with van der Waals surface area (Å²) in [6.45, 7) is -0.0349. The molecule has 3 unspecified atom stereocenters. The van der Waals surface area contributed by atoms with Crippen molar-refractivity contribution < 1.29 is 34.1 Å². The van der Waals surface area contributed by atoms with Crippen molar-refractivity contribution >= 4 is 29.3 Å². The standard InChI is InChI=1S/C29H33N3O7S/c33-18-20-8-10-21(11-9-20)25-17-24(19-40-28-7-3-4-16-32(28)37)38-29(39-25)22-12-14-23(15-13-22)30-26(34)5-1-2-6-27(35)31-36/h3-4,7-16,24-25,29,33,36H,1-2,5-6,17-19H2,(H,30,34)(H,31,35). The van der Waals surface area contributed by atoms with Crippen LogP contribution in [0.15, 0.2) is 78.0 Å². The van der Waals surface area contributed by atoms with Crippen LogP contribution in [0.4, 0.5) is 5.69 Å². The summed E-state index contributed by atoms with van der Waals surface area (Å²) < 4.78 is 13.5. The topological polar surface area (TPSA) is 144 Å². The molecular weight excluding hydrogens is 534 g/mol. The Bertz CT molecular complexity index is 1260. The van der Waals surface area contributed by atoms with Crippen LogP contribution in [0, 0.1) is 5.21 Å². The van der Waals surface area contributed by atoms with Gasteiger partial charge in [-0.2, -0.15) is 4.73 Å². The number of carbonyl (C=O) groups is 2. The molecule has 0 radical (unpaired) electrons. The SMILES string of the molecule is O=C(CCCCC(=O)Nc1ccc(C2OC(CSc3cccc[n+]3[O-])CC(c3ccc(CO)cc3)O2)cc1)NO. The third-order valence-electron chi connectivity index (χ3n) is 6.47. The smallest absolute Gasteiger partial charge is 0.251 e. The summed E-state index contributed by atoms with van der Waals surface area (Å²) in [7, 11) is 0. The number of nitrogens with zero attached hydrogens (tertiary/aromatic N) is 1. The number of hydrogen-bond donors (Lipinski definition) is 4. The van der Waals surface area contributed by atoms with Crippen LogP contribution in [0.25, 0.3) is 0 Å². The molecule has 2 heterocycles. The van der Waals surface area contributed by atoms with Crippen LogP contribution in [-0.2, 0) is 25.7 Å². The number of benzene rings is 2. The normalized spacial score (nSPS) is 18.7. The van der Waals surface area contributed by atoms with E-state index in [9.17, 15) is 19.9 Å². The van der Waals surface area contributed by atoms with Crippen LogP contribution in [0.2, 0.25) is 0 Å². The first-order valence-electron chi connectivity index (χ1n) is 13.1. The van der Waals surface area contributed by atoms with E-state index in [-0.39, 0.29) is 37.6 Å². The maximum Gasteiger partial charge on any atom is 0.251 e. The van der Waals surface area contributed by atoms with E-state index < -0.39 is 12.2 Å². The van der Waals surface area contributed by atoms with Gasteiger partial charge in [-0.05, 0) is 42.2 Å². The number of carbonyl (C=O) groups excluding carboxylic acids is 2. The van der Waals surface area contributed by atoms with E-state index in [1.807, 2.05) is 42.5 Å². The van der Waals surface area contributed by atoms with Gasteiger partial charge in [0.05, 0.1) is 18.8 Å². The number of nitrogens with one attached hydrogen (secondary N) is 2. The molecule has 1 aliphatic rings. The summed E-state index contributed by atoms with van der Waals surface area (Å²) in [5.74, 6) is -0.0735. The first kappa shape index (κ1) is 29.5. The van der Waals surface area contributed by atoms with Gasteiger partial charge >= 0.3 is 0 Å². The second-order valence-electron chi connectivity index (χ2n) is 9.44. The molecule has 11 heteroatoms. The number of rotatable bonds is 12. The quantitative estimate of drug-likeness (QED) is 0.0638. The number of aromatic nitrogens is 1. The number of hydroxylamine groups is 1. The van der Waals surface area contributed by atoms with Crippen molar-refractivity contribution in [3.8, 4) is 0 Å². The van der Waals surface area contributed by atoms with Crippen molar-refractivity contribution in [3.05, 3.63) is 94.8 Å². The summed E-state index contributed by atoms with van der Waals surface area (Å²) in [6.07, 6.45) is 2.41. The number of anilines is 1. The maximum atomic E-state index is 12.3. The molecular formula is C29H33N3O7S. The van der Waals surface area contributed by atoms with Crippen molar-refractivity contribution in [1.82, 2.24) is 5.48 Å². The third kappa shape index (κ3) is 8.51. The van der Waals surface area contributed by atoms with Crippen molar-refractivity contribution in [2.24, 2.45) is 0 Å². The van der Waals surface area contributed by atoms with Gasteiger partial charge in [0.15, 0.2) is 12.5 Å². The number of amides is 2. The molecule has 0 saturated carbocycles. The first-order chi connectivity index (χ1) is 19.4. The lowest BCUT2D eigenvalue weighted by molar-refractivity contribution is -0.645. The van der Waals surface area contributed by atoms with Gasteiger partial charge in [0.2, 0.25) is 11.8 Å². The predicted molar refractivity (Wildman–Crippen MR) is 148 cm³/mol. The molecule has 0 bridgehead atoms. The van der Waals surface area contributed by atoms with Gasteiger partial charge in [-0.1, -0.05) is 48.2 Å². The Morgan fingerprint density at radius 1 is 0.950 bits per heavy atom. The number of aliphatic hydroxyl groups excluding tert-OH is 1. The molecule has 3 atom stereocenters. The lowest BCUT2D eigenvalue weighted by atomic mass is 10.0. The molecule has 4 rings (SSSR count). The van der Waals surface area contributed by atoms with E-state index in [0.29, 0.717) is 35.7 Å². The number of unbranched alkanes of at least 4 members (excludes halogenated alkanes) is 1. The van der Waals surface area contributed by atoms with Crippen LogP contribution in [-0.4, -0.2) is 34.0 Å². The van der Waals surface area contributed by atoms with Crippen LogP contribution < -0.4 is 15.5 Å². The summed E-state index contributed by atoms with van der Waals surface area (Å²) in [6, 6.07) is 20.2. The fourth-order valence-electron chi connectivity index (χ4n) is 4.30. The Balaban J connectivity index is 1.40. The number of hydrogen-bond acceptors (Lipinski definition) is 8. The maximum absolute atomic E-state index is 12.3. The highest BCUT2D eigenvalue weighted by atomic mass is 32.2. The summed E-state index contributed by atoms with van der Waals surface area (Å²) in [5.41, 5.74) is 4.79. The van der Waals surface area contributed by atoms with Gasteiger partial charge in [-0.25, -0.2) is 5.48 Å². The molecule has 0 aliphatic carbocycles. The summed E-state index contributed by atoms with van der Waals surface area (Å²) in [4.78, 5) is 23.3. The second kappa shape index (κ2) is 14.8. The molecule has 4 N–H and O–H groups in total. The van der Waals surface area contributed by atoms with Gasteiger partial charge in [0.1, 0.15) is 0 Å². The Hall–Kier alpha value is -3.48. The van der Waals surface area contributed by atoms with Gasteiger partial charge in [0, 0.05) is 48.4 Å². The molecule has 1 saturated heterocycles. The van der Waals surface area contributed by atoms with Crippen molar-refractivity contribution in [2.75, 3.05) is 11.1 Å². The summed E-state index contributed by atoms with van der Waals surface area (Å²) >= 11 is 1.43. The Labute approximate surface area is 236 Å². The minimum absolute atomic E-state index is 0.0349. The highest BCUT2D eigenvalue weighted by Crippen LogP contribution is 2.39. The molecule has 0 spiro atoms. The molecule has 40 heavy (non-hydrogen) atoms. The van der Waals surface area contributed by atoms with Crippen LogP contribution in [0.5, 0.6) is 0 Å². The number of thioether (sulfide) groups is 1. The number of aliphatic hydroxyl groups is 1. The van der Waals surface area contributed by atoms with Gasteiger partial charge in [-0.15, -0.1) is 0 Å². The average Bonchev–Trinajstić information content (AvgIpc) is 2.99. The molecule has 3 aromatic rings. The van der Waals surface area contributed by atoms with Crippen LogP contribution >= 0.6 is 11.8 Å². The highest BCUT2D eigenvalue weighted by molar-refractivity contribution is 7.99. The van der Waals surface area contributed by atoms with Crippen molar-refractivity contribution in [1.29, 1.82) is 0 Å². The van der Waals surface area contributed by atoms with E-state index >= 15 is 0 Å². The monoisotopic (exact) mass is 567 g/mol. The molecule has 2 aromatic carbocycles. The van der Waals surface area contributed by atoms with E-state index in [1.54, 1.807) is 29.7 Å². The lowest BCUT2D eigenvalue weighted by Crippen LogP contribution is -2.32. The highest BCUT2D eigenvalue weighted by Gasteiger charge is 2.32. The lowest BCUT2D eigenvalue weighted by Gasteiger charge is -2.36. The Morgan fingerprint density at radius 3 is 2.33 bits per heavy atom. The van der Waals surface area contributed by atoms with Crippen molar-refractivity contribution in [2.45, 2.75) is 62.2 Å². The molecule has 1 aliphatic heterocycles. The van der Waals surface area contributed by atoms with Crippen LogP contribution in [0.1, 0.15) is 61.2 Å². The van der Waals surface area contributed by atoms with E-state index in [0.717, 1.165) is 21.4 Å². The minimum Gasteiger partial charge on any atom is -0.618 e. The van der Waals surface area contributed by atoms with E-state index in [4.69, 9.17) is 14.7 Å². The predicted octanol–water partition coefficient (Wildman–Crippen LogP) is 4.15. The van der Waals surface area contributed by atoms with Gasteiger partial charge in [0.25, 0.3) is 5.03 Å². The van der Waals surface area contributed by atoms with E-state index in [1.165, 1.54) is 18.0 Å². The minimum atomic E-state index is -0.653. The molecule has 212 valence electrons. The number of ether oxygens (including phenoxy) is 2. The van der Waals surface area contributed by atoms with Gasteiger partial charge < -0.3 is 25.1 Å². The van der Waals surface area contributed by atoms with Gasteiger partial charge in [-0.3, -0.25) is 14.8 Å². The fourth-order valence-corrected chi connectivity index (χ4v) is 5.23. The molecule has 1 aromatic heterocycles. The zero-order valence-corrected chi connectivity index (χ0v) is 22.7. The first-order valence-corrected chi connectivity index (χ1v) is 14.1. The van der Waals surface area contributed by atoms with E-state index in [2.05, 4.69) is 5.32 Å². The molecule has 10 nitrogen and oxygen atoms in total. The summed E-state index contributed by atoms with van der Waals surface area (Å²) in [5, 5.41) is 33.5.